The van der Waals surface area contributed by atoms with E-state index in [-0.39, 0.29) is 16.9 Å². The van der Waals surface area contributed by atoms with E-state index in [1.165, 1.54) is 0 Å². The van der Waals surface area contributed by atoms with Gasteiger partial charge in [0, 0.05) is 12.1 Å². The van der Waals surface area contributed by atoms with Crippen molar-refractivity contribution >= 4 is 17.3 Å². The van der Waals surface area contributed by atoms with Crippen LogP contribution in [0.15, 0.2) is 18.2 Å². The van der Waals surface area contributed by atoms with Crippen molar-refractivity contribution in [2.75, 3.05) is 0 Å². The standard InChI is InChI=1S/C7H5N2O4/c8-6-2-1-4(9(12)13)3-5(6)7(10)11/h1-3,8H,(H,10,11). The molecule has 2 N–H and O–H groups in total. The molecule has 0 spiro atoms. The Morgan fingerprint density at radius 1 is 1.54 bits per heavy atom. The van der Waals surface area contributed by atoms with Crippen molar-refractivity contribution in [3.05, 3.63) is 33.9 Å². The summed E-state index contributed by atoms with van der Waals surface area (Å²) in [4.78, 5) is 20.0. The van der Waals surface area contributed by atoms with E-state index < -0.39 is 10.9 Å². The zero-order valence-corrected chi connectivity index (χ0v) is 6.35. The summed E-state index contributed by atoms with van der Waals surface area (Å²) in [6.07, 6.45) is 0. The second-order valence-electron chi connectivity index (χ2n) is 2.29. The van der Waals surface area contributed by atoms with Crippen LogP contribution < -0.4 is 5.73 Å². The third kappa shape index (κ3) is 1.73. The van der Waals surface area contributed by atoms with Crippen LogP contribution in [0, 0.1) is 10.1 Å². The van der Waals surface area contributed by atoms with Crippen LogP contribution in [0.4, 0.5) is 11.4 Å². The zero-order chi connectivity index (χ0) is 10.0. The lowest BCUT2D eigenvalue weighted by Gasteiger charge is -1.97. The van der Waals surface area contributed by atoms with Crippen molar-refractivity contribution in [2.24, 2.45) is 0 Å². The SMILES string of the molecule is [NH]c1ccc([N+](=O)[O-])cc1C(=O)O. The minimum atomic E-state index is -1.34. The Labute approximate surface area is 72.7 Å². The van der Waals surface area contributed by atoms with Crippen LogP contribution in [0.2, 0.25) is 0 Å². The molecule has 0 aliphatic rings. The van der Waals surface area contributed by atoms with Crippen molar-refractivity contribution in [2.45, 2.75) is 0 Å². The highest BCUT2D eigenvalue weighted by molar-refractivity contribution is 5.93. The topological polar surface area (TPSA) is 104 Å². The average Bonchev–Trinajstić information content (AvgIpc) is 2.04. The monoisotopic (exact) mass is 181 g/mol. The van der Waals surface area contributed by atoms with Gasteiger partial charge in [0.2, 0.25) is 0 Å². The molecule has 0 unspecified atom stereocenters. The van der Waals surface area contributed by atoms with Crippen molar-refractivity contribution < 1.29 is 14.8 Å². The molecule has 1 rings (SSSR count). The van der Waals surface area contributed by atoms with Gasteiger partial charge in [0.25, 0.3) is 5.69 Å². The zero-order valence-electron chi connectivity index (χ0n) is 6.35. The summed E-state index contributed by atoms with van der Waals surface area (Å²) >= 11 is 0. The van der Waals surface area contributed by atoms with Gasteiger partial charge in [-0.1, -0.05) is 0 Å². The predicted molar refractivity (Wildman–Crippen MR) is 42.8 cm³/mol. The predicted octanol–water partition coefficient (Wildman–Crippen LogP) is 1.21. The highest BCUT2D eigenvalue weighted by Crippen LogP contribution is 2.20. The van der Waals surface area contributed by atoms with Crippen LogP contribution in [0.3, 0.4) is 0 Å². The van der Waals surface area contributed by atoms with Crippen LogP contribution in [-0.2, 0) is 0 Å². The van der Waals surface area contributed by atoms with Crippen LogP contribution in [0.1, 0.15) is 10.4 Å². The van der Waals surface area contributed by atoms with E-state index in [0.717, 1.165) is 18.2 Å². The Hall–Kier alpha value is -2.11. The van der Waals surface area contributed by atoms with Gasteiger partial charge in [-0.05, 0) is 6.07 Å². The number of nitro benzene ring substituents is 1. The summed E-state index contributed by atoms with van der Waals surface area (Å²) in [7, 11) is 0. The van der Waals surface area contributed by atoms with Gasteiger partial charge in [0.05, 0.1) is 16.2 Å². The quantitative estimate of drug-likeness (QED) is 0.546. The van der Waals surface area contributed by atoms with Crippen molar-refractivity contribution in [1.29, 1.82) is 0 Å². The minimum Gasteiger partial charge on any atom is -0.478 e. The number of nitrogens with one attached hydrogen (secondary N) is 1. The lowest BCUT2D eigenvalue weighted by Crippen LogP contribution is -1.99. The number of hydrogen-bond donors (Lipinski definition) is 1. The summed E-state index contributed by atoms with van der Waals surface area (Å²) in [5, 5.41) is 18.8. The van der Waals surface area contributed by atoms with E-state index >= 15 is 0 Å². The molecule has 0 saturated heterocycles. The molecule has 0 heterocycles. The third-order valence-corrected chi connectivity index (χ3v) is 1.44. The molecule has 0 amide bonds. The van der Waals surface area contributed by atoms with Gasteiger partial charge in [-0.15, -0.1) is 0 Å². The van der Waals surface area contributed by atoms with Crippen LogP contribution in [-0.4, -0.2) is 16.0 Å². The fourth-order valence-corrected chi connectivity index (χ4v) is 0.823. The largest absolute Gasteiger partial charge is 0.478 e. The van der Waals surface area contributed by atoms with Gasteiger partial charge in [-0.3, -0.25) is 15.8 Å². The van der Waals surface area contributed by atoms with Crippen molar-refractivity contribution in [3.63, 3.8) is 0 Å². The highest BCUT2D eigenvalue weighted by Gasteiger charge is 2.13. The second-order valence-corrected chi connectivity index (χ2v) is 2.29. The highest BCUT2D eigenvalue weighted by atomic mass is 16.6. The Bertz CT molecular complexity index is 375. The molecule has 1 aromatic rings. The molecule has 67 valence electrons. The number of hydrogen-bond acceptors (Lipinski definition) is 3. The molecule has 0 aliphatic heterocycles. The van der Waals surface area contributed by atoms with Crippen LogP contribution >= 0.6 is 0 Å². The molecule has 13 heavy (non-hydrogen) atoms. The van der Waals surface area contributed by atoms with E-state index in [0.29, 0.717) is 0 Å². The normalized spacial score (nSPS) is 9.54. The molecule has 0 aliphatic carbocycles. The molecular formula is C7H5N2O4. The number of carbonyl (C=O) groups is 1. The smallest absolute Gasteiger partial charge is 0.338 e. The van der Waals surface area contributed by atoms with Crippen LogP contribution in [0.25, 0.3) is 0 Å². The number of benzene rings is 1. The summed E-state index contributed by atoms with van der Waals surface area (Å²) in [5.41, 5.74) is 6.21. The van der Waals surface area contributed by atoms with Crippen LogP contribution in [0.5, 0.6) is 0 Å². The fraction of sp³-hybridized carbons (Fsp3) is 0. The Kier molecular flexibility index (Phi) is 2.14. The molecule has 6 nitrogen and oxygen atoms in total. The number of non-ortho nitro benzene ring substituents is 1. The number of nitro groups is 1. The molecule has 0 saturated carbocycles. The van der Waals surface area contributed by atoms with Gasteiger partial charge in [-0.25, -0.2) is 4.79 Å². The molecule has 1 aromatic carbocycles. The van der Waals surface area contributed by atoms with E-state index in [1.54, 1.807) is 0 Å². The number of aromatic carboxylic acids is 1. The number of nitrogens with zero attached hydrogens (tertiary/aromatic N) is 1. The maximum Gasteiger partial charge on any atom is 0.338 e. The summed E-state index contributed by atoms with van der Waals surface area (Å²) in [6, 6.07) is 3.04. The van der Waals surface area contributed by atoms with Gasteiger partial charge in [-0.2, -0.15) is 0 Å². The first-order valence-electron chi connectivity index (χ1n) is 3.25. The maximum atomic E-state index is 10.5. The minimum absolute atomic E-state index is 0.238. The molecule has 6 heteroatoms. The lowest BCUT2D eigenvalue weighted by atomic mass is 10.1. The molecule has 0 aromatic heterocycles. The molecular weight excluding hydrogens is 176 g/mol. The Morgan fingerprint density at radius 3 is 2.62 bits per heavy atom. The van der Waals surface area contributed by atoms with Gasteiger partial charge < -0.3 is 5.11 Å². The number of rotatable bonds is 2. The summed E-state index contributed by atoms with van der Waals surface area (Å²) in [6.45, 7) is 0. The van der Waals surface area contributed by atoms with E-state index in [4.69, 9.17) is 10.8 Å². The van der Waals surface area contributed by atoms with E-state index in [1.807, 2.05) is 0 Å². The van der Waals surface area contributed by atoms with Gasteiger partial charge >= 0.3 is 5.97 Å². The Morgan fingerprint density at radius 2 is 2.15 bits per heavy atom. The van der Waals surface area contributed by atoms with Crippen molar-refractivity contribution in [3.8, 4) is 0 Å². The molecule has 0 atom stereocenters. The average molecular weight is 181 g/mol. The number of carboxylic acids is 1. The fourth-order valence-electron chi connectivity index (χ4n) is 0.823. The summed E-state index contributed by atoms with van der Waals surface area (Å²) < 4.78 is 0. The Balaban J connectivity index is 3.27. The molecule has 0 fully saturated rings. The van der Waals surface area contributed by atoms with E-state index in [2.05, 4.69) is 0 Å². The van der Waals surface area contributed by atoms with Crippen molar-refractivity contribution in [1.82, 2.24) is 5.73 Å². The third-order valence-electron chi connectivity index (χ3n) is 1.44. The van der Waals surface area contributed by atoms with E-state index in [9.17, 15) is 14.9 Å². The lowest BCUT2D eigenvalue weighted by molar-refractivity contribution is -0.384. The maximum absolute atomic E-state index is 10.5. The molecule has 1 radical (unpaired) electrons. The number of carboxylic acid groups (broad SMARTS) is 1. The van der Waals surface area contributed by atoms with Gasteiger partial charge in [0.15, 0.2) is 0 Å². The first-order valence-corrected chi connectivity index (χ1v) is 3.25. The first kappa shape index (κ1) is 8.98. The summed E-state index contributed by atoms with van der Waals surface area (Å²) in [5.74, 6) is -1.34. The van der Waals surface area contributed by atoms with Gasteiger partial charge in [0.1, 0.15) is 0 Å². The molecule has 0 bridgehead atoms. The first-order chi connectivity index (χ1) is 6.02. The second kappa shape index (κ2) is 3.10.